The first kappa shape index (κ1) is 27.3. The van der Waals surface area contributed by atoms with Crippen LogP contribution in [0.15, 0.2) is 35.1 Å². The molecule has 5 heteroatoms. The van der Waals surface area contributed by atoms with Gasteiger partial charge in [-0.1, -0.05) is 37.7 Å². The summed E-state index contributed by atoms with van der Waals surface area (Å²) in [6.45, 7) is 24.6. The van der Waals surface area contributed by atoms with Crippen LogP contribution in [-0.2, 0) is 4.74 Å². The molecule has 1 rings (SSSR count). The lowest BCUT2D eigenvalue weighted by atomic mass is 9.75. The summed E-state index contributed by atoms with van der Waals surface area (Å²) < 4.78 is 5.92. The SMILES string of the molecule is C=C(C)[C@H]1CC(OC(=O)N(C(C)C)C(C)C)=C(C)[C@H]([C@@H](O)/C=C(\C)C#C[Si](C)(C)C)C1. The lowest BCUT2D eigenvalue weighted by Gasteiger charge is -2.36. The molecule has 0 saturated heterocycles. The van der Waals surface area contributed by atoms with E-state index in [-0.39, 0.29) is 30.0 Å². The highest BCUT2D eigenvalue weighted by Crippen LogP contribution is 2.40. The van der Waals surface area contributed by atoms with Crippen LogP contribution in [0, 0.1) is 23.3 Å². The van der Waals surface area contributed by atoms with E-state index in [0.717, 1.165) is 23.1 Å². The highest BCUT2D eigenvalue weighted by Gasteiger charge is 2.34. The van der Waals surface area contributed by atoms with Crippen molar-refractivity contribution in [2.75, 3.05) is 0 Å². The molecular weight excluding hydrogens is 402 g/mol. The molecule has 0 saturated carbocycles. The minimum absolute atomic E-state index is 0.0471. The zero-order valence-corrected chi connectivity index (χ0v) is 22.3. The second-order valence-electron chi connectivity index (χ2n) is 10.5. The van der Waals surface area contributed by atoms with Gasteiger partial charge in [-0.3, -0.25) is 0 Å². The fourth-order valence-electron chi connectivity index (χ4n) is 3.93. The van der Waals surface area contributed by atoms with Crippen LogP contribution in [0.2, 0.25) is 19.6 Å². The minimum atomic E-state index is -1.48. The van der Waals surface area contributed by atoms with Crippen molar-refractivity contribution in [2.45, 2.75) is 99.1 Å². The number of amides is 1. The van der Waals surface area contributed by atoms with Crippen molar-refractivity contribution in [1.82, 2.24) is 4.90 Å². The topological polar surface area (TPSA) is 49.8 Å². The van der Waals surface area contributed by atoms with E-state index in [0.29, 0.717) is 12.2 Å². The number of allylic oxidation sites excluding steroid dienone is 3. The summed E-state index contributed by atoms with van der Waals surface area (Å²) in [4.78, 5) is 14.7. The smallest absolute Gasteiger partial charge is 0.415 e. The minimum Gasteiger partial charge on any atom is -0.415 e. The zero-order valence-electron chi connectivity index (χ0n) is 21.3. The summed E-state index contributed by atoms with van der Waals surface area (Å²) in [5.41, 5.74) is 6.21. The van der Waals surface area contributed by atoms with Crippen molar-refractivity contribution in [3.63, 3.8) is 0 Å². The molecule has 0 radical (unpaired) electrons. The van der Waals surface area contributed by atoms with Gasteiger partial charge in [-0.2, -0.15) is 0 Å². The lowest BCUT2D eigenvalue weighted by Crippen LogP contribution is -2.42. The number of aliphatic hydroxyl groups is 1. The van der Waals surface area contributed by atoms with Gasteiger partial charge in [0.2, 0.25) is 0 Å². The Morgan fingerprint density at radius 1 is 1.23 bits per heavy atom. The van der Waals surface area contributed by atoms with Gasteiger partial charge in [0, 0.05) is 24.4 Å². The third kappa shape index (κ3) is 8.35. The molecule has 0 heterocycles. The number of rotatable bonds is 6. The van der Waals surface area contributed by atoms with Gasteiger partial charge in [0.25, 0.3) is 0 Å². The molecule has 0 unspecified atom stereocenters. The molecule has 4 nitrogen and oxygen atoms in total. The van der Waals surface area contributed by atoms with E-state index in [1.165, 1.54) is 0 Å². The van der Waals surface area contributed by atoms with E-state index in [9.17, 15) is 9.90 Å². The average Bonchev–Trinajstić information content (AvgIpc) is 2.60. The van der Waals surface area contributed by atoms with Gasteiger partial charge in [-0.25, -0.2) is 4.79 Å². The quantitative estimate of drug-likeness (QED) is 0.296. The maximum absolute atomic E-state index is 12.9. The van der Waals surface area contributed by atoms with Crippen LogP contribution in [0.4, 0.5) is 4.79 Å². The van der Waals surface area contributed by atoms with Crippen molar-refractivity contribution in [3.8, 4) is 11.5 Å². The lowest BCUT2D eigenvalue weighted by molar-refractivity contribution is 0.0875. The third-order valence-corrected chi connectivity index (χ3v) is 6.54. The maximum atomic E-state index is 12.9. The Bertz CT molecular complexity index is 782. The van der Waals surface area contributed by atoms with E-state index in [2.05, 4.69) is 37.7 Å². The van der Waals surface area contributed by atoms with Gasteiger partial charge in [0.1, 0.15) is 13.8 Å². The van der Waals surface area contributed by atoms with Crippen LogP contribution in [0.3, 0.4) is 0 Å². The van der Waals surface area contributed by atoms with E-state index in [1.807, 2.05) is 54.5 Å². The Hall–Kier alpha value is -1.77. The Kier molecular flexibility index (Phi) is 9.85. The van der Waals surface area contributed by atoms with Crippen molar-refractivity contribution in [1.29, 1.82) is 0 Å². The molecular formula is C26H43NO3Si. The number of aliphatic hydroxyl groups excluding tert-OH is 1. The van der Waals surface area contributed by atoms with Crippen LogP contribution < -0.4 is 0 Å². The molecule has 1 aliphatic carbocycles. The fraction of sp³-hybridized carbons (Fsp3) is 0.654. The normalized spacial score (nSPS) is 21.0. The van der Waals surface area contributed by atoms with Gasteiger partial charge in [0.05, 0.1) is 6.10 Å². The predicted molar refractivity (Wildman–Crippen MR) is 133 cm³/mol. The average molecular weight is 446 g/mol. The first-order valence-corrected chi connectivity index (χ1v) is 14.9. The fourth-order valence-corrected chi connectivity index (χ4v) is 4.50. The molecule has 0 fully saturated rings. The molecule has 1 amide bonds. The van der Waals surface area contributed by atoms with Gasteiger partial charge in [0.15, 0.2) is 0 Å². The van der Waals surface area contributed by atoms with Crippen molar-refractivity contribution < 1.29 is 14.6 Å². The van der Waals surface area contributed by atoms with Crippen molar-refractivity contribution in [3.05, 3.63) is 35.1 Å². The Labute approximate surface area is 191 Å². The van der Waals surface area contributed by atoms with Gasteiger partial charge >= 0.3 is 6.09 Å². The molecule has 1 aliphatic rings. The molecule has 0 bridgehead atoms. The van der Waals surface area contributed by atoms with Gasteiger partial charge in [-0.15, -0.1) is 5.54 Å². The summed E-state index contributed by atoms with van der Waals surface area (Å²) in [5, 5.41) is 11.0. The van der Waals surface area contributed by atoms with E-state index in [4.69, 9.17) is 4.74 Å². The summed E-state index contributed by atoms with van der Waals surface area (Å²) in [6, 6.07) is 0.0942. The Morgan fingerprint density at radius 2 is 1.77 bits per heavy atom. The second kappa shape index (κ2) is 11.2. The molecule has 0 aliphatic heterocycles. The van der Waals surface area contributed by atoms with Crippen LogP contribution in [-0.4, -0.2) is 42.4 Å². The summed E-state index contributed by atoms with van der Waals surface area (Å²) in [7, 11) is -1.48. The molecule has 0 aromatic heterocycles. The van der Waals surface area contributed by atoms with Crippen molar-refractivity contribution in [2.24, 2.45) is 11.8 Å². The number of hydrogen-bond acceptors (Lipinski definition) is 3. The number of carbonyl (C=O) groups excluding carboxylic acids is 1. The summed E-state index contributed by atoms with van der Waals surface area (Å²) in [6.07, 6.45) is 2.25. The van der Waals surface area contributed by atoms with E-state index >= 15 is 0 Å². The van der Waals surface area contributed by atoms with E-state index < -0.39 is 14.2 Å². The summed E-state index contributed by atoms with van der Waals surface area (Å²) in [5.74, 6) is 3.91. The number of ether oxygens (including phenoxy) is 1. The largest absolute Gasteiger partial charge is 0.415 e. The molecule has 1 N–H and O–H groups in total. The maximum Gasteiger partial charge on any atom is 0.415 e. The molecule has 31 heavy (non-hydrogen) atoms. The Balaban J connectivity index is 3.23. The van der Waals surface area contributed by atoms with Gasteiger partial charge < -0.3 is 14.7 Å². The first-order valence-electron chi connectivity index (χ1n) is 11.4. The van der Waals surface area contributed by atoms with Gasteiger partial charge in [-0.05, 0) is 78.0 Å². The number of hydrogen-bond donors (Lipinski definition) is 1. The van der Waals surface area contributed by atoms with Crippen LogP contribution >= 0.6 is 0 Å². The molecule has 0 aromatic carbocycles. The number of nitrogens with zero attached hydrogens (tertiary/aromatic N) is 1. The molecule has 174 valence electrons. The molecule has 0 aromatic rings. The highest BCUT2D eigenvalue weighted by atomic mass is 28.3. The predicted octanol–water partition coefficient (Wildman–Crippen LogP) is 6.31. The highest BCUT2D eigenvalue weighted by molar-refractivity contribution is 6.83. The number of carbonyl (C=O) groups is 1. The summed E-state index contributed by atoms with van der Waals surface area (Å²) >= 11 is 0. The second-order valence-corrected chi connectivity index (χ2v) is 15.2. The Morgan fingerprint density at radius 3 is 2.23 bits per heavy atom. The molecule has 0 spiro atoms. The monoisotopic (exact) mass is 445 g/mol. The van der Waals surface area contributed by atoms with Crippen molar-refractivity contribution >= 4 is 14.2 Å². The van der Waals surface area contributed by atoms with Crippen LogP contribution in [0.5, 0.6) is 0 Å². The van der Waals surface area contributed by atoms with Crippen LogP contribution in [0.25, 0.3) is 0 Å². The molecule has 3 atom stereocenters. The first-order chi connectivity index (χ1) is 14.1. The zero-order chi connectivity index (χ0) is 24.1. The standard InChI is InChI=1S/C26H43NO3Si/c1-17(2)22-15-23(24(28)14-20(7)12-13-31(9,10)11)21(8)25(16-22)30-26(29)27(18(3)4)19(5)6/h14,18-19,22-24,28H,1,15-16H2,2-11H3/b20-14+/t22-,23-,24+/m1/s1. The third-order valence-electron chi connectivity index (χ3n) is 5.66. The van der Waals surface area contributed by atoms with E-state index in [1.54, 1.807) is 4.90 Å². The van der Waals surface area contributed by atoms with Crippen LogP contribution in [0.1, 0.15) is 61.3 Å².